The van der Waals surface area contributed by atoms with Crippen molar-refractivity contribution in [2.24, 2.45) is 11.8 Å². The fraction of sp³-hybridized carbons (Fsp3) is 0.533. The van der Waals surface area contributed by atoms with Crippen LogP contribution in [0.2, 0.25) is 0 Å². The number of fused-ring (bicyclic) bond motifs is 1. The fourth-order valence-corrected chi connectivity index (χ4v) is 3.55. The highest BCUT2D eigenvalue weighted by Gasteiger charge is 2.39. The van der Waals surface area contributed by atoms with Crippen molar-refractivity contribution in [1.82, 2.24) is 5.32 Å². The SMILES string of the molecule is O=C(CC1NCC2CCCC21)c1ccc(F)cc1F. The predicted molar refractivity (Wildman–Crippen MR) is 67.9 cm³/mol. The average molecular weight is 265 g/mol. The second-order valence-electron chi connectivity index (χ2n) is 5.62. The van der Waals surface area contributed by atoms with Crippen LogP contribution in [0.5, 0.6) is 0 Å². The zero-order valence-electron chi connectivity index (χ0n) is 10.7. The van der Waals surface area contributed by atoms with Crippen molar-refractivity contribution in [3.63, 3.8) is 0 Å². The van der Waals surface area contributed by atoms with E-state index in [9.17, 15) is 13.6 Å². The number of ketones is 1. The van der Waals surface area contributed by atoms with Crippen molar-refractivity contribution >= 4 is 5.78 Å². The molecule has 3 rings (SSSR count). The second kappa shape index (κ2) is 5.00. The third kappa shape index (κ3) is 2.41. The number of rotatable bonds is 3. The van der Waals surface area contributed by atoms with E-state index in [1.807, 2.05) is 0 Å². The van der Waals surface area contributed by atoms with E-state index in [0.717, 1.165) is 25.1 Å². The Labute approximate surface area is 111 Å². The van der Waals surface area contributed by atoms with Crippen LogP contribution in [0.15, 0.2) is 18.2 Å². The molecule has 102 valence electrons. The molecule has 1 heterocycles. The Kier molecular flexibility index (Phi) is 3.35. The summed E-state index contributed by atoms with van der Waals surface area (Å²) in [7, 11) is 0. The van der Waals surface area contributed by atoms with E-state index in [4.69, 9.17) is 0 Å². The van der Waals surface area contributed by atoms with Crippen LogP contribution in [0.3, 0.4) is 0 Å². The predicted octanol–water partition coefficient (Wildman–Crippen LogP) is 2.93. The van der Waals surface area contributed by atoms with Crippen LogP contribution < -0.4 is 5.32 Å². The molecule has 19 heavy (non-hydrogen) atoms. The molecule has 1 aliphatic carbocycles. The van der Waals surface area contributed by atoms with Crippen LogP contribution in [0.25, 0.3) is 0 Å². The number of hydrogen-bond donors (Lipinski definition) is 1. The normalized spacial score (nSPS) is 29.5. The molecule has 2 fully saturated rings. The quantitative estimate of drug-likeness (QED) is 0.851. The van der Waals surface area contributed by atoms with Gasteiger partial charge >= 0.3 is 0 Å². The number of carbonyl (C=O) groups excluding carboxylic acids is 1. The molecule has 0 bridgehead atoms. The summed E-state index contributed by atoms with van der Waals surface area (Å²) in [6, 6.07) is 3.31. The van der Waals surface area contributed by atoms with Gasteiger partial charge in [0.05, 0.1) is 5.56 Å². The molecule has 1 N–H and O–H groups in total. The highest BCUT2D eigenvalue weighted by Crippen LogP contribution is 2.39. The minimum absolute atomic E-state index is 0.00430. The van der Waals surface area contributed by atoms with Crippen LogP contribution in [-0.2, 0) is 0 Å². The van der Waals surface area contributed by atoms with Crippen LogP contribution in [0, 0.1) is 23.5 Å². The lowest BCUT2D eigenvalue weighted by Gasteiger charge is -2.17. The molecule has 2 nitrogen and oxygen atoms in total. The van der Waals surface area contributed by atoms with Crippen LogP contribution in [-0.4, -0.2) is 18.4 Å². The third-order valence-electron chi connectivity index (χ3n) is 4.51. The maximum atomic E-state index is 13.6. The summed E-state index contributed by atoms with van der Waals surface area (Å²) in [5.74, 6) is -0.416. The zero-order chi connectivity index (χ0) is 13.4. The molecule has 3 unspecified atom stereocenters. The van der Waals surface area contributed by atoms with Gasteiger partial charge in [-0.15, -0.1) is 0 Å². The third-order valence-corrected chi connectivity index (χ3v) is 4.51. The fourth-order valence-electron chi connectivity index (χ4n) is 3.55. The number of halogens is 2. The number of carbonyl (C=O) groups is 1. The highest BCUT2D eigenvalue weighted by atomic mass is 19.1. The van der Waals surface area contributed by atoms with Gasteiger partial charge in [0.25, 0.3) is 0 Å². The van der Waals surface area contributed by atoms with E-state index in [-0.39, 0.29) is 17.4 Å². The van der Waals surface area contributed by atoms with Crippen molar-refractivity contribution in [1.29, 1.82) is 0 Å². The van der Waals surface area contributed by atoms with E-state index in [1.165, 1.54) is 18.9 Å². The molecule has 1 aromatic carbocycles. The minimum Gasteiger partial charge on any atom is -0.313 e. The molecule has 1 saturated heterocycles. The molecule has 0 aromatic heterocycles. The van der Waals surface area contributed by atoms with Gasteiger partial charge in [-0.1, -0.05) is 6.42 Å². The van der Waals surface area contributed by atoms with Gasteiger partial charge in [0.15, 0.2) is 5.78 Å². The van der Waals surface area contributed by atoms with Crippen LogP contribution >= 0.6 is 0 Å². The van der Waals surface area contributed by atoms with Gasteiger partial charge in [-0.05, 0) is 43.4 Å². The first-order chi connectivity index (χ1) is 9.15. The van der Waals surface area contributed by atoms with Crippen molar-refractivity contribution < 1.29 is 13.6 Å². The van der Waals surface area contributed by atoms with Crippen LogP contribution in [0.1, 0.15) is 36.0 Å². The molecular weight excluding hydrogens is 248 g/mol. The minimum atomic E-state index is -0.758. The Morgan fingerprint density at radius 1 is 1.32 bits per heavy atom. The summed E-state index contributed by atoms with van der Waals surface area (Å²) in [6.45, 7) is 0.967. The van der Waals surface area contributed by atoms with Crippen molar-refractivity contribution in [3.8, 4) is 0 Å². The lowest BCUT2D eigenvalue weighted by molar-refractivity contribution is 0.0959. The van der Waals surface area contributed by atoms with E-state index in [0.29, 0.717) is 18.3 Å². The summed E-state index contributed by atoms with van der Waals surface area (Å²) < 4.78 is 26.4. The Morgan fingerprint density at radius 2 is 2.16 bits per heavy atom. The number of hydrogen-bond acceptors (Lipinski definition) is 2. The summed E-state index contributed by atoms with van der Waals surface area (Å²) in [4.78, 5) is 12.1. The van der Waals surface area contributed by atoms with E-state index in [1.54, 1.807) is 0 Å². The van der Waals surface area contributed by atoms with Crippen molar-refractivity contribution in [2.75, 3.05) is 6.54 Å². The zero-order valence-corrected chi connectivity index (χ0v) is 10.7. The molecule has 0 spiro atoms. The summed E-state index contributed by atoms with van der Waals surface area (Å²) in [5.41, 5.74) is 0.00430. The lowest BCUT2D eigenvalue weighted by atomic mass is 9.90. The Hall–Kier alpha value is -1.29. The second-order valence-corrected chi connectivity index (χ2v) is 5.62. The van der Waals surface area contributed by atoms with E-state index in [2.05, 4.69) is 5.32 Å². The summed E-state index contributed by atoms with van der Waals surface area (Å²) in [6.07, 6.45) is 3.92. The van der Waals surface area contributed by atoms with Gasteiger partial charge < -0.3 is 5.32 Å². The lowest BCUT2D eigenvalue weighted by Crippen LogP contribution is -2.29. The molecule has 3 atom stereocenters. The first-order valence-electron chi connectivity index (χ1n) is 6.87. The maximum absolute atomic E-state index is 13.6. The Morgan fingerprint density at radius 3 is 2.95 bits per heavy atom. The van der Waals surface area contributed by atoms with E-state index < -0.39 is 11.6 Å². The van der Waals surface area contributed by atoms with Gasteiger partial charge in [0.2, 0.25) is 0 Å². The Bertz CT molecular complexity index is 503. The molecule has 1 saturated carbocycles. The van der Waals surface area contributed by atoms with E-state index >= 15 is 0 Å². The Balaban J connectivity index is 1.71. The standard InChI is InChI=1S/C15H17F2NO/c16-10-4-5-12(13(17)6-10)15(19)7-14-11-3-1-2-9(11)8-18-14/h4-6,9,11,14,18H,1-3,7-8H2. The molecule has 1 aromatic rings. The average Bonchev–Trinajstić information content (AvgIpc) is 2.94. The first-order valence-corrected chi connectivity index (χ1v) is 6.87. The molecular formula is C15H17F2NO. The van der Waals surface area contributed by atoms with Gasteiger partial charge in [-0.3, -0.25) is 4.79 Å². The van der Waals surface area contributed by atoms with Gasteiger partial charge in [0.1, 0.15) is 11.6 Å². The molecule has 0 amide bonds. The first kappa shape index (κ1) is 12.7. The summed E-state index contributed by atoms with van der Waals surface area (Å²) in [5, 5.41) is 3.37. The molecule has 2 aliphatic rings. The topological polar surface area (TPSA) is 29.1 Å². The number of benzene rings is 1. The number of Topliss-reactive ketones (excluding diaryl/α,β-unsaturated/α-hetero) is 1. The largest absolute Gasteiger partial charge is 0.313 e. The molecule has 1 aliphatic heterocycles. The van der Waals surface area contributed by atoms with Gasteiger partial charge in [-0.25, -0.2) is 8.78 Å². The van der Waals surface area contributed by atoms with Gasteiger partial charge in [-0.2, -0.15) is 0 Å². The monoisotopic (exact) mass is 265 g/mol. The van der Waals surface area contributed by atoms with Crippen molar-refractivity contribution in [2.45, 2.75) is 31.7 Å². The smallest absolute Gasteiger partial charge is 0.167 e. The van der Waals surface area contributed by atoms with Crippen LogP contribution in [0.4, 0.5) is 8.78 Å². The molecule has 4 heteroatoms. The molecule has 0 radical (unpaired) electrons. The van der Waals surface area contributed by atoms with Crippen molar-refractivity contribution in [3.05, 3.63) is 35.4 Å². The van der Waals surface area contributed by atoms with Gasteiger partial charge in [0, 0.05) is 18.5 Å². The number of nitrogens with one attached hydrogen (secondary N) is 1. The highest BCUT2D eigenvalue weighted by molar-refractivity contribution is 5.96. The maximum Gasteiger partial charge on any atom is 0.167 e. The summed E-state index contributed by atoms with van der Waals surface area (Å²) >= 11 is 0.